The van der Waals surface area contributed by atoms with E-state index in [1.54, 1.807) is 6.33 Å². The van der Waals surface area contributed by atoms with Crippen LogP contribution in [0, 0.1) is 0 Å². The first-order valence-corrected chi connectivity index (χ1v) is 5.38. The van der Waals surface area contributed by atoms with Gasteiger partial charge in [0.05, 0.1) is 18.1 Å². The fourth-order valence-electron chi connectivity index (χ4n) is 1.59. The number of hydrogen-bond donors (Lipinski definition) is 1. The predicted octanol–water partition coefficient (Wildman–Crippen LogP) is 2.86. The molecule has 0 amide bonds. The van der Waals surface area contributed by atoms with E-state index in [1.807, 2.05) is 12.4 Å². The third-order valence-electron chi connectivity index (χ3n) is 2.21. The number of aromatic nitrogens is 2. The van der Waals surface area contributed by atoms with Gasteiger partial charge in [0, 0.05) is 6.04 Å². The Hall–Kier alpha value is -1.12. The topological polar surface area (TPSA) is 37.8 Å². The maximum absolute atomic E-state index is 3.98. The van der Waals surface area contributed by atoms with Gasteiger partial charge in [-0.25, -0.2) is 9.97 Å². The Bertz CT molecular complexity index is 230. The first-order valence-electron chi connectivity index (χ1n) is 5.38. The van der Waals surface area contributed by atoms with Gasteiger partial charge in [-0.05, 0) is 12.8 Å². The van der Waals surface area contributed by atoms with Gasteiger partial charge in [0.25, 0.3) is 0 Å². The van der Waals surface area contributed by atoms with Crippen LogP contribution in [0.2, 0.25) is 0 Å². The molecule has 0 saturated heterocycles. The Balaban J connectivity index is 2.46. The van der Waals surface area contributed by atoms with E-state index < -0.39 is 0 Å². The van der Waals surface area contributed by atoms with Crippen LogP contribution in [-0.2, 0) is 0 Å². The lowest BCUT2D eigenvalue weighted by Crippen LogP contribution is -2.18. The highest BCUT2D eigenvalue weighted by atomic mass is 15.0. The maximum Gasteiger partial charge on any atom is 0.115 e. The van der Waals surface area contributed by atoms with Crippen LogP contribution in [0.4, 0.5) is 5.69 Å². The van der Waals surface area contributed by atoms with Gasteiger partial charge in [0.15, 0.2) is 0 Å². The van der Waals surface area contributed by atoms with Crippen molar-refractivity contribution in [1.82, 2.24) is 9.97 Å². The number of nitrogens with one attached hydrogen (secondary N) is 1. The van der Waals surface area contributed by atoms with Crippen LogP contribution in [0.5, 0.6) is 0 Å². The van der Waals surface area contributed by atoms with E-state index in [0.717, 1.165) is 5.69 Å². The largest absolute Gasteiger partial charge is 0.380 e. The standard InChI is InChI=1S/C11H19N3/c1-3-5-10(6-4-2)14-11-7-12-9-13-8-11/h7-10,14H,3-6H2,1-2H3. The molecule has 0 aliphatic rings. The average Bonchev–Trinajstić information content (AvgIpc) is 2.20. The van der Waals surface area contributed by atoms with Crippen molar-refractivity contribution in [1.29, 1.82) is 0 Å². The molecule has 0 atom stereocenters. The van der Waals surface area contributed by atoms with E-state index in [0.29, 0.717) is 6.04 Å². The minimum absolute atomic E-state index is 0.566. The number of anilines is 1. The molecule has 0 unspecified atom stereocenters. The van der Waals surface area contributed by atoms with Crippen LogP contribution in [0.25, 0.3) is 0 Å². The van der Waals surface area contributed by atoms with E-state index in [1.165, 1.54) is 25.7 Å². The Labute approximate surface area is 86.0 Å². The zero-order chi connectivity index (χ0) is 10.2. The summed E-state index contributed by atoms with van der Waals surface area (Å²) in [5.41, 5.74) is 1.03. The third-order valence-corrected chi connectivity index (χ3v) is 2.21. The zero-order valence-corrected chi connectivity index (χ0v) is 9.03. The number of rotatable bonds is 6. The molecule has 3 heteroatoms. The van der Waals surface area contributed by atoms with Crippen molar-refractivity contribution >= 4 is 5.69 Å². The molecular formula is C11H19N3. The monoisotopic (exact) mass is 193 g/mol. The molecule has 14 heavy (non-hydrogen) atoms. The van der Waals surface area contributed by atoms with Crippen molar-refractivity contribution in [2.24, 2.45) is 0 Å². The van der Waals surface area contributed by atoms with Crippen LogP contribution < -0.4 is 5.32 Å². The van der Waals surface area contributed by atoms with Crippen LogP contribution >= 0.6 is 0 Å². The summed E-state index contributed by atoms with van der Waals surface area (Å²) in [6.45, 7) is 4.43. The summed E-state index contributed by atoms with van der Waals surface area (Å²) in [4.78, 5) is 7.97. The molecule has 0 saturated carbocycles. The van der Waals surface area contributed by atoms with Gasteiger partial charge >= 0.3 is 0 Å². The van der Waals surface area contributed by atoms with Crippen molar-refractivity contribution in [2.75, 3.05) is 5.32 Å². The molecule has 0 aliphatic carbocycles. The van der Waals surface area contributed by atoms with Crippen molar-refractivity contribution in [3.05, 3.63) is 18.7 Å². The second kappa shape index (κ2) is 6.35. The first kappa shape index (κ1) is 11.0. The maximum atomic E-state index is 3.98. The molecule has 1 N–H and O–H groups in total. The lowest BCUT2D eigenvalue weighted by atomic mass is 10.1. The predicted molar refractivity (Wildman–Crippen MR) is 59.3 cm³/mol. The minimum atomic E-state index is 0.566. The van der Waals surface area contributed by atoms with E-state index in [-0.39, 0.29) is 0 Å². The van der Waals surface area contributed by atoms with Crippen molar-refractivity contribution in [2.45, 2.75) is 45.6 Å². The lowest BCUT2D eigenvalue weighted by molar-refractivity contribution is 0.586. The molecule has 3 nitrogen and oxygen atoms in total. The average molecular weight is 193 g/mol. The van der Waals surface area contributed by atoms with Gasteiger partial charge in [-0.15, -0.1) is 0 Å². The highest BCUT2D eigenvalue weighted by molar-refractivity contribution is 5.38. The van der Waals surface area contributed by atoms with Crippen molar-refractivity contribution < 1.29 is 0 Å². The SMILES string of the molecule is CCCC(CCC)Nc1cncnc1. The van der Waals surface area contributed by atoms with Crippen LogP contribution in [0.15, 0.2) is 18.7 Å². The molecule has 78 valence electrons. The highest BCUT2D eigenvalue weighted by Gasteiger charge is 2.05. The number of hydrogen-bond acceptors (Lipinski definition) is 3. The van der Waals surface area contributed by atoms with Gasteiger partial charge in [0.1, 0.15) is 6.33 Å². The van der Waals surface area contributed by atoms with Crippen molar-refractivity contribution in [3.8, 4) is 0 Å². The smallest absolute Gasteiger partial charge is 0.115 e. The summed E-state index contributed by atoms with van der Waals surface area (Å²) in [7, 11) is 0. The summed E-state index contributed by atoms with van der Waals surface area (Å²) >= 11 is 0. The fourth-order valence-corrected chi connectivity index (χ4v) is 1.59. The minimum Gasteiger partial charge on any atom is -0.380 e. The third kappa shape index (κ3) is 3.73. The first-order chi connectivity index (χ1) is 6.86. The molecule has 1 heterocycles. The molecule has 0 spiro atoms. The van der Waals surface area contributed by atoms with Crippen LogP contribution in [0.3, 0.4) is 0 Å². The summed E-state index contributed by atoms with van der Waals surface area (Å²) in [5.74, 6) is 0. The Morgan fingerprint density at radius 1 is 1.14 bits per heavy atom. The second-order valence-corrected chi connectivity index (χ2v) is 3.55. The van der Waals surface area contributed by atoms with Gasteiger partial charge in [-0.1, -0.05) is 26.7 Å². The zero-order valence-electron chi connectivity index (χ0n) is 9.03. The molecule has 0 aromatic carbocycles. The fraction of sp³-hybridized carbons (Fsp3) is 0.636. The molecule has 1 aromatic rings. The second-order valence-electron chi connectivity index (χ2n) is 3.55. The van der Waals surface area contributed by atoms with E-state index >= 15 is 0 Å². The van der Waals surface area contributed by atoms with Gasteiger partial charge < -0.3 is 5.32 Å². The molecule has 0 aliphatic heterocycles. The molecular weight excluding hydrogens is 174 g/mol. The van der Waals surface area contributed by atoms with Gasteiger partial charge in [-0.2, -0.15) is 0 Å². The summed E-state index contributed by atoms with van der Waals surface area (Å²) < 4.78 is 0. The molecule has 0 fully saturated rings. The van der Waals surface area contributed by atoms with Crippen LogP contribution in [-0.4, -0.2) is 16.0 Å². The molecule has 0 radical (unpaired) electrons. The normalized spacial score (nSPS) is 10.5. The molecule has 1 aromatic heterocycles. The van der Waals surface area contributed by atoms with E-state index in [2.05, 4.69) is 29.1 Å². The summed E-state index contributed by atoms with van der Waals surface area (Å²) in [5, 5.41) is 3.46. The summed E-state index contributed by atoms with van der Waals surface area (Å²) in [6, 6.07) is 0.566. The summed E-state index contributed by atoms with van der Waals surface area (Å²) in [6.07, 6.45) is 10.1. The van der Waals surface area contributed by atoms with Gasteiger partial charge in [0.2, 0.25) is 0 Å². The number of nitrogens with zero attached hydrogens (tertiary/aromatic N) is 2. The highest BCUT2D eigenvalue weighted by Crippen LogP contribution is 2.11. The van der Waals surface area contributed by atoms with E-state index in [9.17, 15) is 0 Å². The van der Waals surface area contributed by atoms with Crippen molar-refractivity contribution in [3.63, 3.8) is 0 Å². The van der Waals surface area contributed by atoms with Gasteiger partial charge in [-0.3, -0.25) is 0 Å². The molecule has 1 rings (SSSR count). The van der Waals surface area contributed by atoms with Crippen LogP contribution in [0.1, 0.15) is 39.5 Å². The molecule has 0 bridgehead atoms. The van der Waals surface area contributed by atoms with E-state index in [4.69, 9.17) is 0 Å². The lowest BCUT2D eigenvalue weighted by Gasteiger charge is -2.17. The Kier molecular flexibility index (Phi) is 4.97. The Morgan fingerprint density at radius 3 is 2.21 bits per heavy atom. The quantitative estimate of drug-likeness (QED) is 0.755. The Morgan fingerprint density at radius 2 is 1.71 bits per heavy atom.